The normalized spacial score (nSPS) is 15.9. The lowest BCUT2D eigenvalue weighted by Gasteiger charge is -2.24. The van der Waals surface area contributed by atoms with Crippen LogP contribution in [0.4, 0.5) is 0 Å². The molecule has 3 heteroatoms. The number of hydrogen-bond donors (Lipinski definition) is 1. The fourth-order valence-electron chi connectivity index (χ4n) is 1.93. The van der Waals surface area contributed by atoms with E-state index in [1.54, 1.807) is 0 Å². The van der Waals surface area contributed by atoms with Crippen LogP contribution in [-0.4, -0.2) is 9.55 Å². The maximum atomic E-state index is 5.89. The van der Waals surface area contributed by atoms with Crippen molar-refractivity contribution < 1.29 is 0 Å². The van der Waals surface area contributed by atoms with Crippen LogP contribution in [-0.2, 0) is 0 Å². The van der Waals surface area contributed by atoms with Crippen LogP contribution in [0.3, 0.4) is 0 Å². The summed E-state index contributed by atoms with van der Waals surface area (Å²) in [7, 11) is 0. The van der Waals surface area contributed by atoms with Gasteiger partial charge in [-0.15, -0.1) is 0 Å². The van der Waals surface area contributed by atoms with Crippen molar-refractivity contribution in [3.63, 3.8) is 0 Å². The average molecular weight is 195 g/mol. The Balaban J connectivity index is 2.97. The first-order valence-electron chi connectivity index (χ1n) is 5.35. The molecule has 0 aliphatic rings. The van der Waals surface area contributed by atoms with Crippen LogP contribution in [0.5, 0.6) is 0 Å². The van der Waals surface area contributed by atoms with E-state index in [0.717, 1.165) is 12.1 Å². The van der Waals surface area contributed by atoms with Crippen LogP contribution < -0.4 is 5.73 Å². The summed E-state index contributed by atoms with van der Waals surface area (Å²) in [6.07, 6.45) is 4.89. The molecule has 0 fully saturated rings. The van der Waals surface area contributed by atoms with E-state index in [2.05, 4.69) is 30.3 Å². The predicted octanol–water partition coefficient (Wildman–Crippen LogP) is 2.51. The second kappa shape index (κ2) is 4.60. The monoisotopic (exact) mass is 195 g/mol. The van der Waals surface area contributed by atoms with Gasteiger partial charge in [-0.05, 0) is 19.3 Å². The summed E-state index contributed by atoms with van der Waals surface area (Å²) in [6, 6.07) is 0.573. The Hall–Kier alpha value is -0.830. The highest BCUT2D eigenvalue weighted by molar-refractivity contribution is 5.05. The van der Waals surface area contributed by atoms with E-state index in [-0.39, 0.29) is 6.04 Å². The van der Waals surface area contributed by atoms with Gasteiger partial charge < -0.3 is 10.3 Å². The molecule has 0 radical (unpaired) electrons. The molecule has 0 bridgehead atoms. The summed E-state index contributed by atoms with van der Waals surface area (Å²) in [6.45, 7) is 8.68. The highest BCUT2D eigenvalue weighted by Crippen LogP contribution is 2.24. The molecule has 0 aromatic carbocycles. The van der Waals surface area contributed by atoms with Crippen molar-refractivity contribution in [2.24, 2.45) is 11.7 Å². The largest absolute Gasteiger partial charge is 0.330 e. The smallest absolute Gasteiger partial charge is 0.0951 e. The number of nitrogens with two attached hydrogens (primary N) is 1. The summed E-state index contributed by atoms with van der Waals surface area (Å²) in [5.41, 5.74) is 7.02. The van der Waals surface area contributed by atoms with E-state index in [4.69, 9.17) is 5.73 Å². The second-order valence-electron chi connectivity index (χ2n) is 4.23. The van der Waals surface area contributed by atoms with Crippen LogP contribution in [0.15, 0.2) is 12.5 Å². The standard InChI is InChI=1S/C11H21N3/c1-5-10(8(2)3)14-7-13-6-11(14)9(4)12/h6-10H,5,12H2,1-4H3. The van der Waals surface area contributed by atoms with E-state index in [1.165, 1.54) is 0 Å². The number of hydrogen-bond acceptors (Lipinski definition) is 2. The number of aromatic nitrogens is 2. The fourth-order valence-corrected chi connectivity index (χ4v) is 1.93. The minimum Gasteiger partial charge on any atom is -0.330 e. The Morgan fingerprint density at radius 3 is 2.50 bits per heavy atom. The van der Waals surface area contributed by atoms with Gasteiger partial charge in [0.2, 0.25) is 0 Å². The van der Waals surface area contributed by atoms with E-state index in [0.29, 0.717) is 12.0 Å². The van der Waals surface area contributed by atoms with Gasteiger partial charge in [0, 0.05) is 18.3 Å². The summed E-state index contributed by atoms with van der Waals surface area (Å²) in [4.78, 5) is 4.18. The van der Waals surface area contributed by atoms with Gasteiger partial charge >= 0.3 is 0 Å². The van der Waals surface area contributed by atoms with E-state index < -0.39 is 0 Å². The molecule has 0 aliphatic heterocycles. The quantitative estimate of drug-likeness (QED) is 0.802. The van der Waals surface area contributed by atoms with Gasteiger partial charge in [-0.1, -0.05) is 20.8 Å². The van der Waals surface area contributed by atoms with Gasteiger partial charge in [-0.25, -0.2) is 4.98 Å². The molecule has 3 nitrogen and oxygen atoms in total. The fraction of sp³-hybridized carbons (Fsp3) is 0.727. The highest BCUT2D eigenvalue weighted by Gasteiger charge is 2.17. The summed E-state index contributed by atoms with van der Waals surface area (Å²) in [5, 5.41) is 0. The Bertz CT molecular complexity index is 276. The van der Waals surface area contributed by atoms with Crippen LogP contribution in [0.2, 0.25) is 0 Å². The molecule has 0 aliphatic carbocycles. The van der Waals surface area contributed by atoms with Gasteiger partial charge in [-0.3, -0.25) is 0 Å². The summed E-state index contributed by atoms with van der Waals surface area (Å²) in [5.74, 6) is 0.617. The third kappa shape index (κ3) is 2.15. The zero-order chi connectivity index (χ0) is 10.7. The topological polar surface area (TPSA) is 43.8 Å². The van der Waals surface area contributed by atoms with Crippen molar-refractivity contribution in [3.05, 3.63) is 18.2 Å². The molecule has 0 spiro atoms. The van der Waals surface area contributed by atoms with Gasteiger partial charge in [0.15, 0.2) is 0 Å². The molecule has 0 saturated carbocycles. The summed E-state index contributed by atoms with van der Waals surface area (Å²) >= 11 is 0. The van der Waals surface area contributed by atoms with Crippen molar-refractivity contribution in [2.75, 3.05) is 0 Å². The maximum Gasteiger partial charge on any atom is 0.0951 e. The first-order valence-corrected chi connectivity index (χ1v) is 5.35. The molecule has 80 valence electrons. The Labute approximate surface area is 86.3 Å². The third-order valence-electron chi connectivity index (χ3n) is 2.71. The molecular formula is C11H21N3. The molecule has 2 unspecified atom stereocenters. The molecule has 2 atom stereocenters. The number of rotatable bonds is 4. The van der Waals surface area contributed by atoms with Crippen molar-refractivity contribution >= 4 is 0 Å². The van der Waals surface area contributed by atoms with Crippen LogP contribution in [0.25, 0.3) is 0 Å². The molecule has 1 heterocycles. The van der Waals surface area contributed by atoms with Crippen LogP contribution in [0.1, 0.15) is 51.9 Å². The predicted molar refractivity (Wildman–Crippen MR) is 59.0 cm³/mol. The first-order chi connectivity index (χ1) is 6.57. The van der Waals surface area contributed by atoms with Crippen molar-refractivity contribution in [3.8, 4) is 0 Å². The molecule has 0 saturated heterocycles. The Kier molecular flexibility index (Phi) is 3.69. The van der Waals surface area contributed by atoms with Crippen molar-refractivity contribution in [1.82, 2.24) is 9.55 Å². The van der Waals surface area contributed by atoms with Gasteiger partial charge in [-0.2, -0.15) is 0 Å². The second-order valence-corrected chi connectivity index (χ2v) is 4.23. The minimum absolute atomic E-state index is 0.0605. The van der Waals surface area contributed by atoms with E-state index in [9.17, 15) is 0 Å². The molecule has 14 heavy (non-hydrogen) atoms. The minimum atomic E-state index is 0.0605. The molecule has 2 N–H and O–H groups in total. The van der Waals surface area contributed by atoms with Gasteiger partial charge in [0.05, 0.1) is 12.0 Å². The summed E-state index contributed by atoms with van der Waals surface area (Å²) < 4.78 is 2.22. The number of imidazole rings is 1. The molecular weight excluding hydrogens is 174 g/mol. The SMILES string of the molecule is CCC(C(C)C)n1cncc1C(C)N. The van der Waals surface area contributed by atoms with Gasteiger partial charge in [0.1, 0.15) is 0 Å². The lowest BCUT2D eigenvalue weighted by molar-refractivity contribution is 0.353. The highest BCUT2D eigenvalue weighted by atomic mass is 15.1. The Morgan fingerprint density at radius 2 is 2.07 bits per heavy atom. The lowest BCUT2D eigenvalue weighted by atomic mass is 10.0. The Morgan fingerprint density at radius 1 is 1.43 bits per heavy atom. The van der Waals surface area contributed by atoms with E-state index >= 15 is 0 Å². The lowest BCUT2D eigenvalue weighted by Crippen LogP contribution is -2.19. The van der Waals surface area contributed by atoms with Crippen molar-refractivity contribution in [1.29, 1.82) is 0 Å². The molecule has 1 aromatic rings. The molecule has 1 aromatic heterocycles. The van der Waals surface area contributed by atoms with Crippen LogP contribution in [0, 0.1) is 5.92 Å². The number of nitrogens with zero attached hydrogens (tertiary/aromatic N) is 2. The first kappa shape index (κ1) is 11.2. The zero-order valence-corrected chi connectivity index (χ0v) is 9.57. The maximum absolute atomic E-state index is 5.89. The zero-order valence-electron chi connectivity index (χ0n) is 9.57. The van der Waals surface area contributed by atoms with E-state index in [1.807, 2.05) is 19.4 Å². The van der Waals surface area contributed by atoms with Crippen molar-refractivity contribution in [2.45, 2.75) is 46.2 Å². The molecule has 0 amide bonds. The molecule has 1 rings (SSSR count). The van der Waals surface area contributed by atoms with Crippen LogP contribution >= 0.6 is 0 Å². The average Bonchev–Trinajstić information content (AvgIpc) is 2.53. The van der Waals surface area contributed by atoms with Gasteiger partial charge in [0.25, 0.3) is 0 Å². The third-order valence-corrected chi connectivity index (χ3v) is 2.71.